The molecular weight excluding hydrogens is 575 g/mol. The van der Waals surface area contributed by atoms with Gasteiger partial charge < -0.3 is 19.7 Å². The van der Waals surface area contributed by atoms with Gasteiger partial charge in [0.1, 0.15) is 0 Å². The van der Waals surface area contributed by atoms with E-state index in [-0.39, 0.29) is 103 Å². The first kappa shape index (κ1) is 40.0. The first-order valence-electron chi connectivity index (χ1n) is 14.2. The number of hydrogen-bond acceptors (Lipinski definition) is 4. The van der Waals surface area contributed by atoms with Crippen LogP contribution in [-0.2, 0) is 20.7 Å². The molecule has 2 aliphatic heterocycles. The third-order valence-electron chi connectivity index (χ3n) is 6.95. The van der Waals surface area contributed by atoms with Crippen LogP contribution in [0.5, 0.6) is 0 Å². The average molecular weight is 617 g/mol. The Morgan fingerprint density at radius 1 is 0.405 bits per heavy atom. The van der Waals surface area contributed by atoms with E-state index in [9.17, 15) is 10.2 Å². The number of benzene rings is 4. The maximum atomic E-state index is 12.5. The predicted octanol–water partition coefficient (Wildman–Crippen LogP) is 0.222. The first-order valence-corrected chi connectivity index (χ1v) is 14.2. The maximum Gasteiger partial charge on any atom is 1.00 e. The summed E-state index contributed by atoms with van der Waals surface area (Å²) in [5.41, 5.74) is 0.880. The van der Waals surface area contributed by atoms with Gasteiger partial charge in [0, 0.05) is 26.4 Å². The van der Waals surface area contributed by atoms with Crippen molar-refractivity contribution in [3.05, 3.63) is 144 Å². The van der Waals surface area contributed by atoms with Crippen LogP contribution in [0, 0.1) is 0 Å². The summed E-state index contributed by atoms with van der Waals surface area (Å²) in [6.45, 7) is 7.41. The second-order valence-electron chi connectivity index (χ2n) is 10.2. The topological polar surface area (TPSA) is 64.6 Å². The Kier molecular flexibility index (Phi) is 21.4. The van der Waals surface area contributed by atoms with Crippen molar-refractivity contribution in [3.8, 4) is 0 Å². The summed E-state index contributed by atoms with van der Waals surface area (Å²) in [6, 6.07) is 37.9. The number of hydrogen-bond donors (Lipinski definition) is 0. The van der Waals surface area contributed by atoms with E-state index in [4.69, 9.17) is 9.47 Å². The summed E-state index contributed by atoms with van der Waals surface area (Å²) >= 11 is 0. The van der Waals surface area contributed by atoms with Crippen LogP contribution in [0.25, 0.3) is 0 Å². The molecule has 2 heterocycles. The minimum Gasteiger partial charge on any atom is -0.843 e. The minimum atomic E-state index is -1.16. The van der Waals surface area contributed by atoms with Crippen LogP contribution in [0.1, 0.15) is 61.8 Å². The summed E-state index contributed by atoms with van der Waals surface area (Å²) in [5.74, 6) is 0. The molecule has 6 heteroatoms. The average Bonchev–Trinajstić information content (AvgIpc) is 3.80. The van der Waals surface area contributed by atoms with Crippen molar-refractivity contribution in [1.29, 1.82) is 0 Å². The van der Waals surface area contributed by atoms with Gasteiger partial charge in [0.25, 0.3) is 0 Å². The molecule has 2 aliphatic rings. The van der Waals surface area contributed by atoms with Crippen molar-refractivity contribution in [1.82, 2.24) is 0 Å². The zero-order valence-electron chi connectivity index (χ0n) is 25.8. The zero-order chi connectivity index (χ0) is 28.5. The summed E-state index contributed by atoms with van der Waals surface area (Å²) in [7, 11) is 0. The Morgan fingerprint density at radius 2 is 0.595 bits per heavy atom. The Bertz CT molecular complexity index is 985. The molecule has 0 unspecified atom stereocenters. The van der Waals surface area contributed by atoms with E-state index in [1.54, 1.807) is 13.8 Å². The third-order valence-corrected chi connectivity index (χ3v) is 6.95. The molecule has 0 saturated carbocycles. The van der Waals surface area contributed by atoms with E-state index in [0.29, 0.717) is 0 Å². The van der Waals surface area contributed by atoms with Gasteiger partial charge in [-0.1, -0.05) is 169 Å². The molecule has 2 saturated heterocycles. The van der Waals surface area contributed by atoms with Gasteiger partial charge in [0.05, 0.1) is 0 Å². The van der Waals surface area contributed by atoms with Gasteiger partial charge in [-0.15, -0.1) is 0 Å². The predicted molar refractivity (Wildman–Crippen MR) is 159 cm³/mol. The largest absolute Gasteiger partial charge is 1.00 e. The van der Waals surface area contributed by atoms with Crippen molar-refractivity contribution < 1.29 is 122 Å². The molecule has 2 fully saturated rings. The molecule has 212 valence electrons. The first-order chi connectivity index (χ1) is 19.4. The minimum absolute atomic E-state index is 0. The van der Waals surface area contributed by atoms with E-state index >= 15 is 0 Å². The molecule has 0 amide bonds. The molecule has 6 rings (SSSR count). The van der Waals surface area contributed by atoms with E-state index < -0.39 is 11.2 Å². The van der Waals surface area contributed by atoms with Crippen molar-refractivity contribution in [2.24, 2.45) is 0 Å². The summed E-state index contributed by atoms with van der Waals surface area (Å²) in [6.07, 6.45) is 5.11. The van der Waals surface area contributed by atoms with Crippen LogP contribution in [0.15, 0.2) is 121 Å². The molecule has 4 aromatic rings. The Labute approximate surface area is 338 Å². The Balaban J connectivity index is 0.000000306. The van der Waals surface area contributed by atoms with E-state index in [1.807, 2.05) is 121 Å². The Hall–Kier alpha value is -0.00727. The van der Waals surface area contributed by atoms with Crippen molar-refractivity contribution in [2.45, 2.75) is 50.7 Å². The molecule has 0 radical (unpaired) electrons. The normalized spacial score (nSPS) is 13.8. The summed E-state index contributed by atoms with van der Waals surface area (Å²) in [5, 5.41) is 25.0. The van der Waals surface area contributed by atoms with Gasteiger partial charge in [-0.05, 0) is 25.7 Å². The number of ether oxygens (including phenoxy) is 2. The van der Waals surface area contributed by atoms with Crippen molar-refractivity contribution in [2.75, 3.05) is 26.4 Å². The molecule has 0 bridgehead atoms. The maximum absolute atomic E-state index is 12.5. The van der Waals surface area contributed by atoms with Crippen LogP contribution in [-0.4, -0.2) is 26.4 Å². The molecular formula is C36H42K2O4. The van der Waals surface area contributed by atoms with Crippen LogP contribution in [0.3, 0.4) is 0 Å². The van der Waals surface area contributed by atoms with E-state index in [0.717, 1.165) is 48.7 Å². The van der Waals surface area contributed by atoms with Crippen LogP contribution >= 0.6 is 0 Å². The standard InChI is InChI=1S/2C14H13O.2C4H8O.2K/c2*1-14(15,12-8-4-2-5-9-12)13-10-6-3-7-11-13;2*1-2-4-5-3-1;;/h2*2-11H,1H3;2*1-4H2;;/q2*-1;;;2*+1. The van der Waals surface area contributed by atoms with Crippen LogP contribution < -0.4 is 113 Å². The summed E-state index contributed by atoms with van der Waals surface area (Å²) in [4.78, 5) is 0. The Morgan fingerprint density at radius 3 is 0.738 bits per heavy atom. The smallest absolute Gasteiger partial charge is 0.843 e. The summed E-state index contributed by atoms with van der Waals surface area (Å²) < 4.78 is 9.89. The fourth-order valence-corrected chi connectivity index (χ4v) is 4.38. The molecule has 0 atom stereocenters. The van der Waals surface area contributed by atoms with Crippen LogP contribution in [0.2, 0.25) is 0 Å². The molecule has 4 nitrogen and oxygen atoms in total. The van der Waals surface area contributed by atoms with Crippen molar-refractivity contribution in [3.63, 3.8) is 0 Å². The molecule has 42 heavy (non-hydrogen) atoms. The van der Waals surface area contributed by atoms with E-state index in [1.165, 1.54) is 25.7 Å². The molecule has 0 N–H and O–H groups in total. The van der Waals surface area contributed by atoms with Gasteiger partial charge in [-0.25, -0.2) is 0 Å². The van der Waals surface area contributed by atoms with Gasteiger partial charge in [0.15, 0.2) is 0 Å². The molecule has 0 aliphatic carbocycles. The van der Waals surface area contributed by atoms with Gasteiger partial charge >= 0.3 is 103 Å². The third kappa shape index (κ3) is 14.0. The zero-order valence-corrected chi connectivity index (χ0v) is 32.1. The number of rotatable bonds is 4. The molecule has 0 aromatic heterocycles. The van der Waals surface area contributed by atoms with Gasteiger partial charge in [0.2, 0.25) is 0 Å². The quantitative estimate of drug-likeness (QED) is 0.308. The van der Waals surface area contributed by atoms with E-state index in [2.05, 4.69) is 0 Å². The second kappa shape index (κ2) is 22.5. The molecule has 0 spiro atoms. The fraction of sp³-hybridized carbons (Fsp3) is 0.333. The van der Waals surface area contributed by atoms with Crippen molar-refractivity contribution >= 4 is 0 Å². The SMILES string of the molecule is C1CCOC1.C1CCOC1.CC([O-])(c1ccccc1)c1ccccc1.CC([O-])(c1ccccc1)c1ccccc1.[K+].[K+]. The molecule has 4 aromatic carbocycles. The second-order valence-corrected chi connectivity index (χ2v) is 10.2. The van der Waals surface area contributed by atoms with Crippen LogP contribution in [0.4, 0.5) is 0 Å². The fourth-order valence-electron chi connectivity index (χ4n) is 4.38. The monoisotopic (exact) mass is 616 g/mol. The van der Waals surface area contributed by atoms with Gasteiger partial charge in [-0.3, -0.25) is 0 Å². The van der Waals surface area contributed by atoms with Gasteiger partial charge in [-0.2, -0.15) is 0 Å².